The van der Waals surface area contributed by atoms with Crippen molar-refractivity contribution in [3.63, 3.8) is 0 Å². The molecule has 1 aliphatic heterocycles. The number of aromatic hydroxyl groups is 1. The third-order valence-electron chi connectivity index (χ3n) is 4.19. The van der Waals surface area contributed by atoms with E-state index in [0.29, 0.717) is 11.5 Å². The summed E-state index contributed by atoms with van der Waals surface area (Å²) in [5.41, 5.74) is 1.26. The van der Waals surface area contributed by atoms with Crippen molar-refractivity contribution in [1.82, 2.24) is 10.2 Å². The largest absolute Gasteiger partial charge is 0.506 e. The lowest BCUT2D eigenvalue weighted by Crippen LogP contribution is -2.45. The van der Waals surface area contributed by atoms with Crippen LogP contribution < -0.4 is 5.32 Å². The fourth-order valence-electron chi connectivity index (χ4n) is 3.04. The monoisotopic (exact) mass is 335 g/mol. The average Bonchev–Trinajstić information content (AvgIpc) is 3.29. The molecular weight excluding hydrogens is 318 g/mol. The molecule has 3 rings (SSSR count). The van der Waals surface area contributed by atoms with E-state index >= 15 is 0 Å². The van der Waals surface area contributed by atoms with Crippen LogP contribution in [-0.4, -0.2) is 36.2 Å². The van der Waals surface area contributed by atoms with Gasteiger partial charge in [-0.3, -0.25) is 4.90 Å². The number of nitriles is 1. The van der Waals surface area contributed by atoms with E-state index < -0.39 is 0 Å². The predicted octanol–water partition coefficient (Wildman–Crippen LogP) is 2.38. The third kappa shape index (κ3) is 2.56. The number of phenolic OH excluding ortho intramolecular Hbond substituents is 1. The highest BCUT2D eigenvalue weighted by Crippen LogP contribution is 2.49. The van der Waals surface area contributed by atoms with Crippen molar-refractivity contribution in [3.8, 4) is 11.8 Å². The summed E-state index contributed by atoms with van der Waals surface area (Å²) in [6.45, 7) is 3.95. The first-order valence-corrected chi connectivity index (χ1v) is 7.88. The summed E-state index contributed by atoms with van der Waals surface area (Å²) in [5, 5.41) is 22.9. The number of benzene rings is 1. The van der Waals surface area contributed by atoms with Gasteiger partial charge in [-0.05, 0) is 30.9 Å². The minimum absolute atomic E-state index is 0.150. The molecule has 0 bridgehead atoms. The number of hydrogen-bond acceptors (Lipinski definition) is 4. The molecule has 0 unspecified atom stereocenters. The Balaban J connectivity index is 2.01. The highest BCUT2D eigenvalue weighted by Gasteiger charge is 2.39. The van der Waals surface area contributed by atoms with E-state index in [4.69, 9.17) is 5.26 Å². The number of halogens is 1. The lowest BCUT2D eigenvalue weighted by molar-refractivity contribution is 0.153. The fourth-order valence-corrected chi connectivity index (χ4v) is 3.60. The topological polar surface area (TPSA) is 59.3 Å². The van der Waals surface area contributed by atoms with Crippen LogP contribution >= 0.6 is 15.9 Å². The SMILES string of the molecule is N#Cc1ccc(Br)c([C@@H](C2CC2)N2CCNCC2)c1O. The molecule has 2 N–H and O–H groups in total. The predicted molar refractivity (Wildman–Crippen MR) is 80.4 cm³/mol. The van der Waals surface area contributed by atoms with Crippen molar-refractivity contribution >= 4 is 15.9 Å². The molecule has 0 radical (unpaired) electrons. The van der Waals surface area contributed by atoms with Gasteiger partial charge in [0.2, 0.25) is 0 Å². The Morgan fingerprint density at radius 3 is 2.65 bits per heavy atom. The van der Waals surface area contributed by atoms with E-state index in [2.05, 4.69) is 32.2 Å². The van der Waals surface area contributed by atoms with E-state index in [9.17, 15) is 5.11 Å². The Morgan fingerprint density at radius 1 is 1.35 bits per heavy atom. The van der Waals surface area contributed by atoms with Crippen molar-refractivity contribution < 1.29 is 5.11 Å². The molecule has 20 heavy (non-hydrogen) atoms. The Bertz CT molecular complexity index is 545. The summed E-state index contributed by atoms with van der Waals surface area (Å²) >= 11 is 3.56. The highest BCUT2D eigenvalue weighted by atomic mass is 79.9. The fraction of sp³-hybridized carbons (Fsp3) is 0.533. The molecule has 1 atom stereocenters. The van der Waals surface area contributed by atoms with Crippen molar-refractivity contribution in [2.45, 2.75) is 18.9 Å². The van der Waals surface area contributed by atoms with Gasteiger partial charge in [-0.1, -0.05) is 15.9 Å². The summed E-state index contributed by atoms with van der Waals surface area (Å²) < 4.78 is 0.907. The Kier molecular flexibility index (Phi) is 3.97. The molecule has 2 fully saturated rings. The summed E-state index contributed by atoms with van der Waals surface area (Å²) in [6.07, 6.45) is 2.41. The average molecular weight is 336 g/mol. The van der Waals surface area contributed by atoms with Gasteiger partial charge in [0.25, 0.3) is 0 Å². The lowest BCUT2D eigenvalue weighted by Gasteiger charge is -2.36. The molecule has 1 saturated carbocycles. The van der Waals surface area contributed by atoms with Gasteiger partial charge in [0.15, 0.2) is 0 Å². The van der Waals surface area contributed by atoms with Crippen molar-refractivity contribution in [3.05, 3.63) is 27.7 Å². The van der Waals surface area contributed by atoms with Crippen LogP contribution in [0.5, 0.6) is 5.75 Å². The molecule has 2 aliphatic rings. The van der Waals surface area contributed by atoms with Crippen molar-refractivity contribution in [2.75, 3.05) is 26.2 Å². The molecular formula is C15H18BrN3O. The van der Waals surface area contributed by atoms with E-state index in [-0.39, 0.29) is 11.8 Å². The van der Waals surface area contributed by atoms with Crippen molar-refractivity contribution in [2.24, 2.45) is 5.92 Å². The third-order valence-corrected chi connectivity index (χ3v) is 4.89. The Morgan fingerprint density at radius 2 is 2.05 bits per heavy atom. The summed E-state index contributed by atoms with van der Waals surface area (Å²) in [4.78, 5) is 2.44. The number of nitrogens with one attached hydrogen (secondary N) is 1. The van der Waals surface area contributed by atoms with Gasteiger partial charge in [-0.2, -0.15) is 5.26 Å². The number of nitrogens with zero attached hydrogens (tertiary/aromatic N) is 2. The van der Waals surface area contributed by atoms with Crippen LogP contribution in [0.1, 0.15) is 30.0 Å². The first kappa shape index (κ1) is 13.9. The van der Waals surface area contributed by atoms with Crippen LogP contribution in [0.15, 0.2) is 16.6 Å². The van der Waals surface area contributed by atoms with Crippen LogP contribution in [0, 0.1) is 17.2 Å². The number of piperazine rings is 1. The van der Waals surface area contributed by atoms with Crippen LogP contribution in [0.2, 0.25) is 0 Å². The zero-order valence-electron chi connectivity index (χ0n) is 11.3. The number of phenols is 1. The van der Waals surface area contributed by atoms with Crippen LogP contribution in [0.3, 0.4) is 0 Å². The maximum atomic E-state index is 10.5. The first-order valence-electron chi connectivity index (χ1n) is 7.08. The highest BCUT2D eigenvalue weighted by molar-refractivity contribution is 9.10. The summed E-state index contributed by atoms with van der Waals surface area (Å²) in [6, 6.07) is 5.85. The van der Waals surface area contributed by atoms with Gasteiger partial charge in [0.1, 0.15) is 11.8 Å². The van der Waals surface area contributed by atoms with Gasteiger partial charge >= 0.3 is 0 Å². The maximum absolute atomic E-state index is 10.5. The van der Waals surface area contributed by atoms with Crippen LogP contribution in [0.25, 0.3) is 0 Å². The second kappa shape index (κ2) is 5.72. The zero-order valence-corrected chi connectivity index (χ0v) is 12.9. The molecule has 1 aromatic rings. The zero-order chi connectivity index (χ0) is 14.1. The maximum Gasteiger partial charge on any atom is 0.139 e. The molecule has 0 spiro atoms. The number of rotatable bonds is 3. The second-order valence-corrected chi connectivity index (χ2v) is 6.39. The molecule has 4 nitrogen and oxygen atoms in total. The minimum Gasteiger partial charge on any atom is -0.506 e. The van der Waals surface area contributed by atoms with Gasteiger partial charge in [-0.25, -0.2) is 0 Å². The molecule has 0 aromatic heterocycles. The van der Waals surface area contributed by atoms with Crippen LogP contribution in [0.4, 0.5) is 0 Å². The van der Waals surface area contributed by atoms with Gasteiger partial charge in [0, 0.05) is 42.3 Å². The first-order chi connectivity index (χ1) is 9.72. The Hall–Kier alpha value is -1.09. The van der Waals surface area contributed by atoms with E-state index in [1.165, 1.54) is 12.8 Å². The molecule has 1 aliphatic carbocycles. The van der Waals surface area contributed by atoms with Crippen molar-refractivity contribution in [1.29, 1.82) is 5.26 Å². The van der Waals surface area contributed by atoms with E-state index in [1.54, 1.807) is 6.07 Å². The molecule has 1 heterocycles. The van der Waals surface area contributed by atoms with E-state index in [1.807, 2.05) is 6.07 Å². The van der Waals surface area contributed by atoms with E-state index in [0.717, 1.165) is 36.2 Å². The summed E-state index contributed by atoms with van der Waals surface area (Å²) in [5.74, 6) is 0.751. The van der Waals surface area contributed by atoms with Crippen LogP contribution in [-0.2, 0) is 0 Å². The number of hydrogen-bond donors (Lipinski definition) is 2. The Labute approximate surface area is 127 Å². The van der Waals surface area contributed by atoms with Gasteiger partial charge in [0.05, 0.1) is 5.56 Å². The molecule has 5 heteroatoms. The normalized spacial score (nSPS) is 21.4. The van der Waals surface area contributed by atoms with Gasteiger partial charge < -0.3 is 10.4 Å². The molecule has 1 saturated heterocycles. The molecule has 106 valence electrons. The van der Waals surface area contributed by atoms with Gasteiger partial charge in [-0.15, -0.1) is 0 Å². The molecule has 1 aromatic carbocycles. The molecule has 0 amide bonds. The standard InChI is InChI=1S/C15H18BrN3O/c16-12-4-3-11(9-17)15(20)13(12)14(10-1-2-10)19-7-5-18-6-8-19/h3-4,10,14,18,20H,1-2,5-8H2/t14-/m1/s1. The minimum atomic E-state index is 0.150. The summed E-state index contributed by atoms with van der Waals surface area (Å²) in [7, 11) is 0. The second-order valence-electron chi connectivity index (χ2n) is 5.54. The lowest BCUT2D eigenvalue weighted by atomic mass is 9.96. The quantitative estimate of drug-likeness (QED) is 0.890. The smallest absolute Gasteiger partial charge is 0.139 e.